The average Bonchev–Trinajstić information content (AvgIpc) is 2.67. The van der Waals surface area contributed by atoms with Crippen LogP contribution in [0.3, 0.4) is 0 Å². The maximum absolute atomic E-state index is 12.1. The number of carbonyl (C=O) groups is 1. The number of amides is 1. The van der Waals surface area contributed by atoms with E-state index in [0.29, 0.717) is 11.3 Å². The van der Waals surface area contributed by atoms with E-state index in [0.717, 1.165) is 31.1 Å². The van der Waals surface area contributed by atoms with Crippen LogP contribution in [0.1, 0.15) is 26.7 Å². The van der Waals surface area contributed by atoms with Crippen LogP contribution in [0.2, 0.25) is 0 Å². The number of rotatable bonds is 1. The summed E-state index contributed by atoms with van der Waals surface area (Å²) in [6.45, 7) is 6.38. The Balaban J connectivity index is 1.94. The smallest absolute Gasteiger partial charge is 0.240 e. The Kier molecular flexibility index (Phi) is 3.26. The van der Waals surface area contributed by atoms with Gasteiger partial charge in [0, 0.05) is 24.7 Å². The number of hydrogen-bond acceptors (Lipinski definition) is 3. The van der Waals surface area contributed by atoms with Crippen molar-refractivity contribution in [3.05, 3.63) is 0 Å². The first-order valence-corrected chi connectivity index (χ1v) is 6.84. The Labute approximate surface area is 96.0 Å². The van der Waals surface area contributed by atoms with Gasteiger partial charge in [0.2, 0.25) is 5.91 Å². The zero-order valence-corrected chi connectivity index (χ0v) is 10.4. The number of nitrogens with one attached hydrogen (secondary N) is 1. The summed E-state index contributed by atoms with van der Waals surface area (Å²) in [7, 11) is 0. The second-order valence-corrected chi connectivity index (χ2v) is 6.33. The Hall–Kier alpha value is -0.220. The van der Waals surface area contributed by atoms with Crippen LogP contribution in [-0.2, 0) is 4.79 Å². The molecule has 15 heavy (non-hydrogen) atoms. The summed E-state index contributed by atoms with van der Waals surface area (Å²) >= 11 is 1.82. The van der Waals surface area contributed by atoms with E-state index < -0.39 is 0 Å². The van der Waals surface area contributed by atoms with Crippen LogP contribution in [0, 0.1) is 5.41 Å². The number of thioether (sulfide) groups is 1. The maximum atomic E-state index is 12.1. The van der Waals surface area contributed by atoms with Crippen molar-refractivity contribution in [3.63, 3.8) is 0 Å². The van der Waals surface area contributed by atoms with Gasteiger partial charge in [-0.1, -0.05) is 13.8 Å². The van der Waals surface area contributed by atoms with Crippen molar-refractivity contribution in [2.45, 2.75) is 32.7 Å². The predicted octanol–water partition coefficient (Wildman–Crippen LogP) is 1.30. The topological polar surface area (TPSA) is 32.3 Å². The zero-order valence-electron chi connectivity index (χ0n) is 9.58. The summed E-state index contributed by atoms with van der Waals surface area (Å²) in [5.74, 6) is 2.18. The minimum Gasteiger partial charge on any atom is -0.341 e. The van der Waals surface area contributed by atoms with Gasteiger partial charge in [0.15, 0.2) is 0 Å². The maximum Gasteiger partial charge on any atom is 0.240 e. The van der Waals surface area contributed by atoms with E-state index in [9.17, 15) is 4.79 Å². The molecular formula is C11H20N2OS. The van der Waals surface area contributed by atoms with Crippen molar-refractivity contribution >= 4 is 17.7 Å². The Bertz CT molecular complexity index is 249. The van der Waals surface area contributed by atoms with Crippen molar-refractivity contribution in [2.24, 2.45) is 5.41 Å². The number of piperidine rings is 1. The van der Waals surface area contributed by atoms with Crippen molar-refractivity contribution in [3.8, 4) is 0 Å². The van der Waals surface area contributed by atoms with Crippen molar-refractivity contribution in [2.75, 3.05) is 24.7 Å². The molecule has 3 nitrogen and oxygen atoms in total. The summed E-state index contributed by atoms with van der Waals surface area (Å²) in [6.07, 6.45) is 2.39. The molecule has 1 atom stereocenters. The Morgan fingerprint density at radius 3 is 2.93 bits per heavy atom. The molecule has 0 spiro atoms. The standard InChI is InChI=1S/C11H20N2OS/c1-11(2)4-3-5-13(7-11)10(14)9-6-15-8-12-9/h9,12H,3-8H2,1-2H3. The summed E-state index contributed by atoms with van der Waals surface area (Å²) < 4.78 is 0. The average molecular weight is 228 g/mol. The van der Waals surface area contributed by atoms with Crippen LogP contribution in [0.25, 0.3) is 0 Å². The van der Waals surface area contributed by atoms with E-state index in [4.69, 9.17) is 0 Å². The molecule has 4 heteroatoms. The molecule has 0 aromatic carbocycles. The molecule has 1 amide bonds. The van der Waals surface area contributed by atoms with Crippen LogP contribution in [-0.4, -0.2) is 41.6 Å². The Morgan fingerprint density at radius 1 is 1.53 bits per heavy atom. The van der Waals surface area contributed by atoms with Gasteiger partial charge < -0.3 is 4.90 Å². The van der Waals surface area contributed by atoms with E-state index in [2.05, 4.69) is 19.2 Å². The fourth-order valence-electron chi connectivity index (χ4n) is 2.39. The summed E-state index contributed by atoms with van der Waals surface area (Å²) in [4.78, 5) is 14.2. The highest BCUT2D eigenvalue weighted by atomic mass is 32.2. The molecule has 2 aliphatic rings. The lowest BCUT2D eigenvalue weighted by Crippen LogP contribution is -2.50. The summed E-state index contributed by atoms with van der Waals surface area (Å²) in [5.41, 5.74) is 0.305. The normalized spacial score (nSPS) is 30.5. The highest BCUT2D eigenvalue weighted by Gasteiger charge is 2.33. The minimum absolute atomic E-state index is 0.0731. The van der Waals surface area contributed by atoms with Crippen LogP contribution >= 0.6 is 11.8 Å². The molecular weight excluding hydrogens is 208 g/mol. The molecule has 2 saturated heterocycles. The van der Waals surface area contributed by atoms with Gasteiger partial charge in [-0.05, 0) is 18.3 Å². The predicted molar refractivity (Wildman–Crippen MR) is 63.8 cm³/mol. The van der Waals surface area contributed by atoms with Gasteiger partial charge in [-0.25, -0.2) is 0 Å². The zero-order chi connectivity index (χ0) is 10.9. The molecule has 2 rings (SSSR count). The molecule has 0 aromatic rings. The monoisotopic (exact) mass is 228 g/mol. The lowest BCUT2D eigenvalue weighted by molar-refractivity contribution is -0.135. The van der Waals surface area contributed by atoms with Gasteiger partial charge in [-0.15, -0.1) is 11.8 Å². The lowest BCUT2D eigenvalue weighted by Gasteiger charge is -2.39. The van der Waals surface area contributed by atoms with Crippen LogP contribution in [0.4, 0.5) is 0 Å². The fraction of sp³-hybridized carbons (Fsp3) is 0.909. The molecule has 2 fully saturated rings. The van der Waals surface area contributed by atoms with Gasteiger partial charge in [-0.3, -0.25) is 10.1 Å². The molecule has 1 N–H and O–H groups in total. The number of likely N-dealkylation sites (tertiary alicyclic amines) is 1. The molecule has 2 heterocycles. The molecule has 2 aliphatic heterocycles. The minimum atomic E-state index is 0.0731. The molecule has 1 unspecified atom stereocenters. The third-order valence-electron chi connectivity index (χ3n) is 3.23. The number of nitrogens with zero attached hydrogens (tertiary/aromatic N) is 1. The second-order valence-electron chi connectivity index (χ2n) is 5.30. The third kappa shape index (κ3) is 2.67. The largest absolute Gasteiger partial charge is 0.341 e. The first-order valence-electron chi connectivity index (χ1n) is 5.68. The Morgan fingerprint density at radius 2 is 2.33 bits per heavy atom. The molecule has 0 aromatic heterocycles. The number of carbonyl (C=O) groups excluding carboxylic acids is 1. The highest BCUT2D eigenvalue weighted by Crippen LogP contribution is 2.29. The van der Waals surface area contributed by atoms with Crippen LogP contribution < -0.4 is 5.32 Å². The SMILES string of the molecule is CC1(C)CCCN(C(=O)C2CSCN2)C1. The highest BCUT2D eigenvalue weighted by molar-refractivity contribution is 7.99. The van der Waals surface area contributed by atoms with E-state index in [1.807, 2.05) is 16.7 Å². The van der Waals surface area contributed by atoms with Crippen molar-refractivity contribution < 1.29 is 4.79 Å². The molecule has 0 radical (unpaired) electrons. The summed E-state index contributed by atoms with van der Waals surface area (Å²) in [6, 6.07) is 0.0731. The van der Waals surface area contributed by atoms with Gasteiger partial charge in [0.1, 0.15) is 0 Å². The van der Waals surface area contributed by atoms with E-state index in [-0.39, 0.29) is 6.04 Å². The van der Waals surface area contributed by atoms with E-state index in [1.165, 1.54) is 6.42 Å². The molecule has 0 bridgehead atoms. The van der Waals surface area contributed by atoms with Crippen molar-refractivity contribution in [1.29, 1.82) is 0 Å². The van der Waals surface area contributed by atoms with E-state index in [1.54, 1.807) is 0 Å². The van der Waals surface area contributed by atoms with E-state index >= 15 is 0 Å². The molecule has 86 valence electrons. The molecule has 0 aliphatic carbocycles. The fourth-order valence-corrected chi connectivity index (χ4v) is 3.32. The number of hydrogen-bond donors (Lipinski definition) is 1. The van der Waals surface area contributed by atoms with Gasteiger partial charge in [0.25, 0.3) is 0 Å². The third-order valence-corrected chi connectivity index (χ3v) is 4.17. The van der Waals surface area contributed by atoms with Crippen LogP contribution in [0.5, 0.6) is 0 Å². The second kappa shape index (κ2) is 4.34. The quantitative estimate of drug-likeness (QED) is 0.734. The lowest BCUT2D eigenvalue weighted by atomic mass is 9.84. The van der Waals surface area contributed by atoms with Crippen molar-refractivity contribution in [1.82, 2.24) is 10.2 Å². The van der Waals surface area contributed by atoms with Gasteiger partial charge in [0.05, 0.1) is 6.04 Å². The summed E-state index contributed by atoms with van der Waals surface area (Å²) in [5, 5.41) is 3.25. The first-order chi connectivity index (χ1) is 7.08. The van der Waals surface area contributed by atoms with Crippen LogP contribution in [0.15, 0.2) is 0 Å². The van der Waals surface area contributed by atoms with Gasteiger partial charge in [-0.2, -0.15) is 0 Å². The van der Waals surface area contributed by atoms with Gasteiger partial charge >= 0.3 is 0 Å². The first kappa shape index (κ1) is 11.3. The molecule has 0 saturated carbocycles.